The van der Waals surface area contributed by atoms with Crippen molar-refractivity contribution in [3.05, 3.63) is 53.1 Å². The topological polar surface area (TPSA) is 48.5 Å². The fourth-order valence-electron chi connectivity index (χ4n) is 3.90. The van der Waals surface area contributed by atoms with Gasteiger partial charge in [-0.1, -0.05) is 38.3 Å². The average Bonchev–Trinajstić information content (AvgIpc) is 3.35. The van der Waals surface area contributed by atoms with Gasteiger partial charge < -0.3 is 9.30 Å². The third kappa shape index (κ3) is 3.77. The van der Waals surface area contributed by atoms with Gasteiger partial charge in [0, 0.05) is 24.5 Å². The number of nitrogens with zero attached hydrogens (tertiary/aromatic N) is 3. The molecule has 0 saturated heterocycles. The van der Waals surface area contributed by atoms with E-state index in [4.69, 9.17) is 4.74 Å². The molecule has 1 aliphatic rings. The van der Waals surface area contributed by atoms with E-state index in [0.717, 1.165) is 36.4 Å². The number of rotatable bonds is 7. The van der Waals surface area contributed by atoms with Gasteiger partial charge in [0.2, 0.25) is 0 Å². The van der Waals surface area contributed by atoms with Gasteiger partial charge in [0.25, 0.3) is 5.56 Å². The summed E-state index contributed by atoms with van der Waals surface area (Å²) in [5, 5.41) is 4.63. The van der Waals surface area contributed by atoms with E-state index < -0.39 is 0 Å². The van der Waals surface area contributed by atoms with E-state index in [2.05, 4.69) is 12.0 Å². The van der Waals surface area contributed by atoms with Gasteiger partial charge in [0.05, 0.1) is 12.3 Å². The van der Waals surface area contributed by atoms with Crippen molar-refractivity contribution in [1.29, 1.82) is 0 Å². The zero-order valence-corrected chi connectivity index (χ0v) is 15.9. The molecule has 2 aromatic heterocycles. The second-order valence-corrected chi connectivity index (χ2v) is 7.46. The number of ether oxygens (including phenoxy) is 1. The van der Waals surface area contributed by atoms with Gasteiger partial charge in [-0.25, -0.2) is 4.52 Å². The minimum Gasteiger partial charge on any atom is -0.493 e. The molecule has 2 heterocycles. The molecule has 4 rings (SSSR count). The van der Waals surface area contributed by atoms with Gasteiger partial charge in [-0.05, 0) is 43.4 Å². The molecule has 0 bridgehead atoms. The molecule has 0 radical (unpaired) electrons. The Morgan fingerprint density at radius 1 is 1.19 bits per heavy atom. The lowest BCUT2D eigenvalue weighted by Gasteiger charge is -2.11. The molecule has 5 nitrogen and oxygen atoms in total. The van der Waals surface area contributed by atoms with Crippen LogP contribution in [-0.2, 0) is 6.54 Å². The molecule has 1 aliphatic carbocycles. The molecule has 0 aliphatic heterocycles. The summed E-state index contributed by atoms with van der Waals surface area (Å²) in [6.45, 7) is 3.65. The van der Waals surface area contributed by atoms with Crippen molar-refractivity contribution in [3.8, 4) is 17.0 Å². The molecule has 27 heavy (non-hydrogen) atoms. The van der Waals surface area contributed by atoms with Gasteiger partial charge in [-0.3, -0.25) is 4.79 Å². The summed E-state index contributed by atoms with van der Waals surface area (Å²) in [6.07, 6.45) is 10.9. The minimum absolute atomic E-state index is 0.0348. The largest absolute Gasteiger partial charge is 0.493 e. The molecule has 3 aromatic rings. The van der Waals surface area contributed by atoms with Crippen LogP contribution in [0.1, 0.15) is 45.4 Å². The van der Waals surface area contributed by atoms with Crippen LogP contribution >= 0.6 is 0 Å². The SMILES string of the molecule is CCCCOc1ccccc1-c1cc2c(=O)n(CC3CCCC3)ccn2n1. The maximum absolute atomic E-state index is 12.9. The van der Waals surface area contributed by atoms with E-state index in [0.29, 0.717) is 18.0 Å². The Morgan fingerprint density at radius 2 is 2.00 bits per heavy atom. The van der Waals surface area contributed by atoms with Crippen LogP contribution < -0.4 is 10.3 Å². The lowest BCUT2D eigenvalue weighted by Crippen LogP contribution is -2.24. The molecule has 0 amide bonds. The summed E-state index contributed by atoms with van der Waals surface area (Å²) in [7, 11) is 0. The zero-order valence-electron chi connectivity index (χ0n) is 15.9. The van der Waals surface area contributed by atoms with Crippen molar-refractivity contribution in [2.75, 3.05) is 6.61 Å². The summed E-state index contributed by atoms with van der Waals surface area (Å²) < 4.78 is 9.47. The molecule has 0 atom stereocenters. The predicted molar refractivity (Wildman–Crippen MR) is 107 cm³/mol. The Balaban J connectivity index is 1.66. The number of unbranched alkanes of at least 4 members (excludes halogenated alkanes) is 1. The van der Waals surface area contributed by atoms with Crippen molar-refractivity contribution < 1.29 is 4.74 Å². The summed E-state index contributed by atoms with van der Waals surface area (Å²) in [4.78, 5) is 12.9. The van der Waals surface area contributed by atoms with Crippen molar-refractivity contribution >= 4 is 5.52 Å². The Morgan fingerprint density at radius 3 is 2.81 bits per heavy atom. The molecule has 1 aromatic carbocycles. The Bertz CT molecular complexity index is 967. The lowest BCUT2D eigenvalue weighted by atomic mass is 10.1. The predicted octanol–water partition coefficient (Wildman–Crippen LogP) is 4.53. The van der Waals surface area contributed by atoms with Crippen LogP contribution in [0.15, 0.2) is 47.5 Å². The van der Waals surface area contributed by atoms with E-state index in [9.17, 15) is 4.79 Å². The van der Waals surface area contributed by atoms with Crippen LogP contribution in [0.5, 0.6) is 5.75 Å². The van der Waals surface area contributed by atoms with E-state index >= 15 is 0 Å². The normalized spacial score (nSPS) is 14.9. The molecule has 0 spiro atoms. The van der Waals surface area contributed by atoms with Gasteiger partial charge >= 0.3 is 0 Å². The fraction of sp³-hybridized carbons (Fsp3) is 0.455. The Labute approximate surface area is 159 Å². The van der Waals surface area contributed by atoms with Crippen LogP contribution in [0, 0.1) is 5.92 Å². The van der Waals surface area contributed by atoms with Crippen LogP contribution in [0.4, 0.5) is 0 Å². The molecule has 1 saturated carbocycles. The van der Waals surface area contributed by atoms with E-state index in [1.54, 1.807) is 4.52 Å². The molecular formula is C22H27N3O2. The highest BCUT2D eigenvalue weighted by Crippen LogP contribution is 2.29. The first-order valence-corrected chi connectivity index (χ1v) is 10.1. The highest BCUT2D eigenvalue weighted by molar-refractivity contribution is 5.71. The van der Waals surface area contributed by atoms with Gasteiger partial charge in [-0.2, -0.15) is 5.10 Å². The molecule has 0 N–H and O–H groups in total. The quantitative estimate of drug-likeness (QED) is 0.578. The Kier molecular flexibility index (Phi) is 5.28. The number of para-hydroxylation sites is 1. The van der Waals surface area contributed by atoms with E-state index in [1.165, 1.54) is 25.7 Å². The van der Waals surface area contributed by atoms with Crippen molar-refractivity contribution in [2.45, 2.75) is 52.0 Å². The third-order valence-corrected chi connectivity index (χ3v) is 5.45. The Hall–Kier alpha value is -2.56. The first-order valence-electron chi connectivity index (χ1n) is 10.1. The molecule has 1 fully saturated rings. The number of benzene rings is 1. The van der Waals surface area contributed by atoms with Crippen molar-refractivity contribution in [2.24, 2.45) is 5.92 Å². The van der Waals surface area contributed by atoms with Gasteiger partial charge in [-0.15, -0.1) is 0 Å². The van der Waals surface area contributed by atoms with Gasteiger partial charge in [0.1, 0.15) is 11.3 Å². The molecule has 0 unspecified atom stereocenters. The highest BCUT2D eigenvalue weighted by atomic mass is 16.5. The first kappa shape index (κ1) is 17.8. The second kappa shape index (κ2) is 7.99. The van der Waals surface area contributed by atoms with Gasteiger partial charge in [0.15, 0.2) is 0 Å². The number of hydrogen-bond acceptors (Lipinski definition) is 3. The maximum atomic E-state index is 12.9. The van der Waals surface area contributed by atoms with Crippen LogP contribution in [0.3, 0.4) is 0 Å². The minimum atomic E-state index is 0.0348. The number of fused-ring (bicyclic) bond motifs is 1. The van der Waals surface area contributed by atoms with Crippen LogP contribution in [-0.4, -0.2) is 20.8 Å². The summed E-state index contributed by atoms with van der Waals surface area (Å²) >= 11 is 0. The molecule has 5 heteroatoms. The number of hydrogen-bond donors (Lipinski definition) is 0. The smallest absolute Gasteiger partial charge is 0.276 e. The van der Waals surface area contributed by atoms with E-state index in [1.807, 2.05) is 47.3 Å². The van der Waals surface area contributed by atoms with Crippen LogP contribution in [0.25, 0.3) is 16.8 Å². The summed E-state index contributed by atoms with van der Waals surface area (Å²) in [6, 6.07) is 9.79. The summed E-state index contributed by atoms with van der Waals surface area (Å²) in [5.74, 6) is 1.45. The standard InChI is InChI=1S/C22H27N3O2/c1-2-3-14-27-21-11-7-6-10-18(21)19-15-20-22(26)24(12-13-25(20)23-19)16-17-8-4-5-9-17/h6-7,10-13,15,17H,2-5,8-9,14,16H2,1H3. The monoisotopic (exact) mass is 365 g/mol. The third-order valence-electron chi connectivity index (χ3n) is 5.45. The van der Waals surface area contributed by atoms with Crippen molar-refractivity contribution in [1.82, 2.24) is 14.2 Å². The maximum Gasteiger partial charge on any atom is 0.276 e. The fourth-order valence-corrected chi connectivity index (χ4v) is 3.90. The van der Waals surface area contributed by atoms with Crippen LogP contribution in [0.2, 0.25) is 0 Å². The van der Waals surface area contributed by atoms with E-state index in [-0.39, 0.29) is 5.56 Å². The molecular weight excluding hydrogens is 338 g/mol. The average molecular weight is 365 g/mol. The second-order valence-electron chi connectivity index (χ2n) is 7.46. The lowest BCUT2D eigenvalue weighted by molar-refractivity contribution is 0.310. The highest BCUT2D eigenvalue weighted by Gasteiger charge is 2.17. The number of aromatic nitrogens is 3. The summed E-state index contributed by atoms with van der Waals surface area (Å²) in [5.41, 5.74) is 2.36. The van der Waals surface area contributed by atoms with Crippen molar-refractivity contribution in [3.63, 3.8) is 0 Å². The molecule has 142 valence electrons. The zero-order chi connectivity index (χ0) is 18.6. The first-order chi connectivity index (χ1) is 13.3.